The van der Waals surface area contributed by atoms with Gasteiger partial charge in [-0.05, 0) is 18.6 Å². The maximum atomic E-state index is 13.3. The number of ether oxygens (including phenoxy) is 1. The molecule has 0 unspecified atom stereocenters. The molecule has 0 aliphatic heterocycles. The highest BCUT2D eigenvalue weighted by Crippen LogP contribution is 2.27. The molecule has 112 valence electrons. The van der Waals surface area contributed by atoms with Crippen LogP contribution in [0.25, 0.3) is 0 Å². The van der Waals surface area contributed by atoms with Crippen molar-refractivity contribution in [1.29, 1.82) is 0 Å². The standard InChI is InChI=1S/C14H10F4O2S/c1-2-7-3-4-11(21-7)10(19)6-20-14-12(17)8(15)5-9(16)13(14)18/h3-5H,2,6H2,1H3. The number of thiophene rings is 1. The van der Waals surface area contributed by atoms with Gasteiger partial charge >= 0.3 is 0 Å². The van der Waals surface area contributed by atoms with Crippen LogP contribution in [0.2, 0.25) is 0 Å². The maximum absolute atomic E-state index is 13.3. The predicted octanol–water partition coefficient (Wildman–Crippen LogP) is 4.13. The molecule has 7 heteroatoms. The van der Waals surface area contributed by atoms with Crippen LogP contribution < -0.4 is 4.74 Å². The summed E-state index contributed by atoms with van der Waals surface area (Å²) in [6, 6.07) is 3.39. The lowest BCUT2D eigenvalue weighted by molar-refractivity contribution is 0.0918. The van der Waals surface area contributed by atoms with Crippen LogP contribution in [0.15, 0.2) is 18.2 Å². The Morgan fingerprint density at radius 2 is 1.76 bits per heavy atom. The van der Waals surface area contributed by atoms with Crippen molar-refractivity contribution in [3.63, 3.8) is 0 Å². The molecule has 0 spiro atoms. The number of carbonyl (C=O) groups is 1. The molecule has 2 aromatic rings. The normalized spacial score (nSPS) is 10.7. The Morgan fingerprint density at radius 1 is 1.14 bits per heavy atom. The Bertz CT molecular complexity index is 656. The Labute approximate surface area is 122 Å². The zero-order valence-electron chi connectivity index (χ0n) is 10.9. The fourth-order valence-corrected chi connectivity index (χ4v) is 2.48. The van der Waals surface area contributed by atoms with E-state index in [2.05, 4.69) is 4.74 Å². The molecule has 0 aliphatic rings. The van der Waals surface area contributed by atoms with Gasteiger partial charge in [0.25, 0.3) is 0 Å². The monoisotopic (exact) mass is 318 g/mol. The number of Topliss-reactive ketones (excluding diaryl/α,β-unsaturated/α-hetero) is 1. The highest BCUT2D eigenvalue weighted by molar-refractivity contribution is 7.14. The molecular weight excluding hydrogens is 308 g/mol. The van der Waals surface area contributed by atoms with Gasteiger partial charge in [-0.15, -0.1) is 11.3 Å². The van der Waals surface area contributed by atoms with Gasteiger partial charge < -0.3 is 4.74 Å². The SMILES string of the molecule is CCc1ccc(C(=O)COc2c(F)c(F)cc(F)c2F)s1. The van der Waals surface area contributed by atoms with Crippen molar-refractivity contribution in [3.8, 4) is 5.75 Å². The zero-order chi connectivity index (χ0) is 15.6. The Morgan fingerprint density at radius 3 is 2.29 bits per heavy atom. The average Bonchev–Trinajstić information content (AvgIpc) is 2.94. The molecule has 21 heavy (non-hydrogen) atoms. The third-order valence-corrected chi connectivity index (χ3v) is 3.97. The van der Waals surface area contributed by atoms with Gasteiger partial charge in [0, 0.05) is 10.9 Å². The molecule has 2 rings (SSSR count). The Kier molecular flexibility index (Phi) is 4.62. The molecule has 0 fully saturated rings. The van der Waals surface area contributed by atoms with Crippen LogP contribution in [0.1, 0.15) is 21.5 Å². The largest absolute Gasteiger partial charge is 0.479 e. The van der Waals surface area contributed by atoms with Crippen LogP contribution >= 0.6 is 11.3 Å². The van der Waals surface area contributed by atoms with E-state index in [4.69, 9.17) is 0 Å². The van der Waals surface area contributed by atoms with Crippen molar-refractivity contribution in [2.45, 2.75) is 13.3 Å². The fraction of sp³-hybridized carbons (Fsp3) is 0.214. The number of rotatable bonds is 5. The van der Waals surface area contributed by atoms with Crippen molar-refractivity contribution < 1.29 is 27.1 Å². The summed E-state index contributed by atoms with van der Waals surface area (Å²) in [6.45, 7) is 1.21. The maximum Gasteiger partial charge on any atom is 0.210 e. The number of aryl methyl sites for hydroxylation is 1. The summed E-state index contributed by atoms with van der Waals surface area (Å²) in [7, 11) is 0. The highest BCUT2D eigenvalue weighted by atomic mass is 32.1. The summed E-state index contributed by atoms with van der Waals surface area (Å²) in [6.07, 6.45) is 0.747. The number of benzene rings is 1. The van der Waals surface area contributed by atoms with Crippen LogP contribution in [0.3, 0.4) is 0 Å². The molecule has 0 amide bonds. The molecule has 1 heterocycles. The van der Waals surface area contributed by atoms with E-state index >= 15 is 0 Å². The van der Waals surface area contributed by atoms with Crippen LogP contribution in [-0.4, -0.2) is 12.4 Å². The summed E-state index contributed by atoms with van der Waals surface area (Å²) in [5.41, 5.74) is 0. The highest BCUT2D eigenvalue weighted by Gasteiger charge is 2.21. The van der Waals surface area contributed by atoms with Gasteiger partial charge in [0.05, 0.1) is 4.88 Å². The number of halogens is 4. The van der Waals surface area contributed by atoms with Crippen molar-refractivity contribution in [1.82, 2.24) is 0 Å². The smallest absolute Gasteiger partial charge is 0.210 e. The zero-order valence-corrected chi connectivity index (χ0v) is 11.7. The van der Waals surface area contributed by atoms with Crippen molar-refractivity contribution in [2.24, 2.45) is 0 Å². The minimum absolute atomic E-state index is 0.0755. The Hall–Kier alpha value is -1.89. The molecular formula is C14H10F4O2S. The quantitative estimate of drug-likeness (QED) is 0.471. The van der Waals surface area contributed by atoms with E-state index in [-0.39, 0.29) is 6.07 Å². The summed E-state index contributed by atoms with van der Waals surface area (Å²) in [4.78, 5) is 13.1. The predicted molar refractivity (Wildman–Crippen MR) is 69.8 cm³/mol. The van der Waals surface area contributed by atoms with E-state index in [0.717, 1.165) is 11.3 Å². The van der Waals surface area contributed by atoms with E-state index in [1.54, 1.807) is 12.1 Å². The van der Waals surface area contributed by atoms with Crippen LogP contribution in [0.5, 0.6) is 5.75 Å². The van der Waals surface area contributed by atoms with E-state index in [0.29, 0.717) is 4.88 Å². The van der Waals surface area contributed by atoms with Crippen molar-refractivity contribution >= 4 is 17.1 Å². The van der Waals surface area contributed by atoms with Gasteiger partial charge in [-0.3, -0.25) is 4.79 Å². The third kappa shape index (κ3) is 3.24. The second-order valence-corrected chi connectivity index (χ2v) is 5.30. The molecule has 1 aromatic carbocycles. The number of hydrogen-bond donors (Lipinski definition) is 0. The molecule has 0 radical (unpaired) electrons. The molecule has 0 aliphatic carbocycles. The Balaban J connectivity index is 2.15. The minimum Gasteiger partial charge on any atom is -0.479 e. The summed E-state index contributed by atoms with van der Waals surface area (Å²) in [5.74, 6) is -8.25. The van der Waals surface area contributed by atoms with E-state index < -0.39 is 41.4 Å². The summed E-state index contributed by atoms with van der Waals surface area (Å²) in [5, 5.41) is 0. The molecule has 1 aromatic heterocycles. The van der Waals surface area contributed by atoms with Crippen LogP contribution in [0, 0.1) is 23.3 Å². The molecule has 0 N–H and O–H groups in total. The number of ketones is 1. The van der Waals surface area contributed by atoms with Gasteiger partial charge in [-0.25, -0.2) is 8.78 Å². The minimum atomic E-state index is -1.66. The first-order valence-corrected chi connectivity index (χ1v) is 6.83. The van der Waals surface area contributed by atoms with Gasteiger partial charge in [0.15, 0.2) is 24.0 Å². The topological polar surface area (TPSA) is 26.3 Å². The third-order valence-electron chi connectivity index (χ3n) is 2.70. The first kappa shape index (κ1) is 15.5. The van der Waals surface area contributed by atoms with Gasteiger partial charge in [-0.2, -0.15) is 8.78 Å². The second-order valence-electron chi connectivity index (χ2n) is 4.13. The second kappa shape index (κ2) is 6.26. The molecule has 2 nitrogen and oxygen atoms in total. The van der Waals surface area contributed by atoms with E-state index in [1.807, 2.05) is 6.92 Å². The van der Waals surface area contributed by atoms with Gasteiger partial charge in [0.2, 0.25) is 17.4 Å². The lowest BCUT2D eigenvalue weighted by Crippen LogP contribution is -2.13. The first-order valence-electron chi connectivity index (χ1n) is 6.01. The molecule has 0 saturated heterocycles. The summed E-state index contributed by atoms with van der Waals surface area (Å²) < 4.78 is 57.2. The first-order chi connectivity index (χ1) is 9.93. The van der Waals surface area contributed by atoms with Crippen molar-refractivity contribution in [3.05, 3.63) is 51.2 Å². The lowest BCUT2D eigenvalue weighted by atomic mass is 10.3. The van der Waals surface area contributed by atoms with E-state index in [9.17, 15) is 22.4 Å². The number of carbonyl (C=O) groups excluding carboxylic acids is 1. The molecule has 0 saturated carbocycles. The number of hydrogen-bond acceptors (Lipinski definition) is 3. The molecule has 0 atom stereocenters. The van der Waals surface area contributed by atoms with E-state index in [1.165, 1.54) is 11.3 Å². The van der Waals surface area contributed by atoms with Crippen LogP contribution in [-0.2, 0) is 6.42 Å². The van der Waals surface area contributed by atoms with Crippen LogP contribution in [0.4, 0.5) is 17.6 Å². The summed E-state index contributed by atoms with van der Waals surface area (Å²) >= 11 is 1.23. The van der Waals surface area contributed by atoms with Gasteiger partial charge in [0.1, 0.15) is 0 Å². The van der Waals surface area contributed by atoms with Crippen molar-refractivity contribution in [2.75, 3.05) is 6.61 Å². The van der Waals surface area contributed by atoms with Gasteiger partial charge in [-0.1, -0.05) is 6.92 Å². The molecule has 0 bridgehead atoms. The lowest BCUT2D eigenvalue weighted by Gasteiger charge is -2.08. The average molecular weight is 318 g/mol. The fourth-order valence-electron chi connectivity index (χ4n) is 1.60.